The zero-order valence-corrected chi connectivity index (χ0v) is 51.3. The third kappa shape index (κ3) is 16.8. The Bertz CT molecular complexity index is 3290. The van der Waals surface area contributed by atoms with Gasteiger partial charge in [0, 0.05) is 97.7 Å². The number of hydrogen-bond donors (Lipinski definition) is 2. The summed E-state index contributed by atoms with van der Waals surface area (Å²) in [4.78, 5) is 34.1. The number of carbonyl (C=O) groups excluding carboxylic acids is 2. The molecular weight excluding hydrogens is 1180 g/mol. The van der Waals surface area contributed by atoms with Crippen LogP contribution in [-0.4, -0.2) is 136 Å². The van der Waals surface area contributed by atoms with Crippen molar-refractivity contribution < 1.29 is 57.7 Å². The number of rotatable bonds is 22. The number of benzene rings is 6. The Labute approximate surface area is 522 Å². The Morgan fingerprint density at radius 1 is 0.535 bits per heavy atom. The summed E-state index contributed by atoms with van der Waals surface area (Å²) in [6, 6.07) is 36.9. The Hall–Kier alpha value is -6.86. The largest absolute Gasteiger partial charge is 0.504 e. The molecule has 4 aliphatic rings. The number of anilines is 2. The summed E-state index contributed by atoms with van der Waals surface area (Å²) in [6.07, 6.45) is 4.81. The number of carbonyl (C=O) groups is 2. The van der Waals surface area contributed by atoms with E-state index in [2.05, 4.69) is 23.0 Å². The summed E-state index contributed by atoms with van der Waals surface area (Å²) in [5.74, 6) is 0.757. The zero-order valence-electron chi connectivity index (χ0n) is 48.3. The fourth-order valence-electron chi connectivity index (χ4n) is 10.5. The van der Waals surface area contributed by atoms with Gasteiger partial charge in [0.05, 0.1) is 23.3 Å². The first-order chi connectivity index (χ1) is 41.5. The molecule has 4 aliphatic heterocycles. The molecule has 4 fully saturated rings. The van der Waals surface area contributed by atoms with Gasteiger partial charge in [-0.1, -0.05) is 96.0 Å². The van der Waals surface area contributed by atoms with E-state index >= 15 is 0 Å². The molecule has 0 aliphatic carbocycles. The highest BCUT2D eigenvalue weighted by Gasteiger charge is 2.42. The predicted molar refractivity (Wildman–Crippen MR) is 335 cm³/mol. The quantitative estimate of drug-likeness (QED) is 0.0488. The second kappa shape index (κ2) is 29.7. The molecule has 20 heteroatoms. The van der Waals surface area contributed by atoms with Gasteiger partial charge < -0.3 is 67.7 Å². The zero-order chi connectivity index (χ0) is 60.8. The Kier molecular flexibility index (Phi) is 22.0. The number of piperazine rings is 2. The molecule has 16 nitrogen and oxygen atoms in total. The van der Waals surface area contributed by atoms with Crippen LogP contribution in [0.3, 0.4) is 0 Å². The molecule has 0 saturated carbocycles. The van der Waals surface area contributed by atoms with Gasteiger partial charge >= 0.3 is 0 Å². The fraction of sp³-hybridized carbons (Fsp3) is 0.364. The second-order valence-electron chi connectivity index (χ2n) is 21.4. The summed E-state index contributed by atoms with van der Waals surface area (Å²) in [6.45, 7) is 19.0. The van der Waals surface area contributed by atoms with Gasteiger partial charge in [-0.15, -0.1) is 0 Å². The van der Waals surface area contributed by atoms with Crippen molar-refractivity contribution >= 4 is 69.6 Å². The van der Waals surface area contributed by atoms with Gasteiger partial charge in [-0.2, -0.15) is 0 Å². The topological polar surface area (TPSA) is 161 Å². The second-order valence-corrected chi connectivity index (χ2v) is 23.1. The lowest BCUT2D eigenvalue weighted by atomic mass is 10.1. The molecule has 2 N–H and O–H groups in total. The maximum Gasteiger partial charge on any atom is 0.223 e. The molecule has 86 heavy (non-hydrogen) atoms. The SMILES string of the molecule is C=CCOc1ccc(CCC(=O)N2CCN(c3ccc(OCC4CO[C@](C)(c5ccc(Cl)cc5Cl)O4)cc3)CC2)cc1OCC=C.C[C@]1(c2ccc(Cl)cc2Cl)OCC(COc2ccc(N3CCN(C(=O)CCc4ccc(O)c(O)c4)CC3)cc2)O1. The third-order valence-electron chi connectivity index (χ3n) is 15.3. The number of aromatic hydroxyl groups is 2. The van der Waals surface area contributed by atoms with E-state index in [1.165, 1.54) is 12.1 Å². The van der Waals surface area contributed by atoms with Crippen LogP contribution >= 0.6 is 46.4 Å². The molecule has 0 spiro atoms. The van der Waals surface area contributed by atoms with Gasteiger partial charge in [-0.25, -0.2) is 0 Å². The van der Waals surface area contributed by atoms with Crippen LogP contribution in [0.15, 0.2) is 147 Å². The number of hydrogen-bond acceptors (Lipinski definition) is 14. The minimum atomic E-state index is -0.961. The molecule has 6 aromatic rings. The molecule has 2 unspecified atom stereocenters. The van der Waals surface area contributed by atoms with Crippen molar-refractivity contribution in [3.8, 4) is 34.5 Å². The lowest BCUT2D eigenvalue weighted by molar-refractivity contribution is -0.164. The third-order valence-corrected chi connectivity index (χ3v) is 16.4. The van der Waals surface area contributed by atoms with Gasteiger partial charge in [-0.3, -0.25) is 9.59 Å². The number of nitrogens with zero attached hydrogens (tertiary/aromatic N) is 4. The van der Waals surface area contributed by atoms with Crippen LogP contribution in [0.5, 0.6) is 34.5 Å². The summed E-state index contributed by atoms with van der Waals surface area (Å²) in [5, 5.41) is 21.2. The van der Waals surface area contributed by atoms with Crippen molar-refractivity contribution in [1.29, 1.82) is 0 Å². The number of amides is 2. The van der Waals surface area contributed by atoms with Gasteiger partial charge in [0.15, 0.2) is 34.6 Å². The van der Waals surface area contributed by atoms with Crippen molar-refractivity contribution in [2.24, 2.45) is 0 Å². The van der Waals surface area contributed by atoms with E-state index < -0.39 is 11.6 Å². The van der Waals surface area contributed by atoms with E-state index in [0.717, 1.165) is 71.3 Å². The van der Waals surface area contributed by atoms with Gasteiger partial charge in [0.2, 0.25) is 11.8 Å². The number of phenols is 2. The summed E-state index contributed by atoms with van der Waals surface area (Å²) < 4.78 is 47.7. The smallest absolute Gasteiger partial charge is 0.223 e. The molecule has 10 rings (SSSR count). The van der Waals surface area contributed by atoms with Crippen LogP contribution in [0.1, 0.15) is 48.9 Å². The minimum absolute atomic E-state index is 0.0866. The normalized spacial score (nSPS) is 20.2. The molecule has 4 heterocycles. The van der Waals surface area contributed by atoms with Crippen molar-refractivity contribution in [2.75, 3.05) is 102 Å². The van der Waals surface area contributed by atoms with Gasteiger partial charge in [0.25, 0.3) is 0 Å². The molecule has 456 valence electrons. The summed E-state index contributed by atoms with van der Waals surface area (Å²) in [7, 11) is 0. The first kappa shape index (κ1) is 63.6. The van der Waals surface area contributed by atoms with Crippen LogP contribution in [0.2, 0.25) is 20.1 Å². The molecular formula is C66H72Cl4N4O12. The van der Waals surface area contributed by atoms with Crippen LogP contribution in [0.4, 0.5) is 11.4 Å². The van der Waals surface area contributed by atoms with Crippen LogP contribution < -0.4 is 28.7 Å². The average molecular weight is 1260 g/mol. The van der Waals surface area contributed by atoms with E-state index in [-0.39, 0.29) is 35.5 Å². The van der Waals surface area contributed by atoms with E-state index in [0.29, 0.717) is 123 Å². The monoisotopic (exact) mass is 1250 g/mol. The molecule has 0 radical (unpaired) electrons. The Balaban J connectivity index is 0.000000207. The summed E-state index contributed by atoms with van der Waals surface area (Å²) >= 11 is 24.8. The van der Waals surface area contributed by atoms with Crippen LogP contribution in [-0.2, 0) is 53.0 Å². The van der Waals surface area contributed by atoms with E-state index in [1.54, 1.807) is 42.5 Å². The van der Waals surface area contributed by atoms with Crippen LogP contribution in [0, 0.1) is 0 Å². The van der Waals surface area contributed by atoms with E-state index in [9.17, 15) is 19.8 Å². The molecule has 2 amide bonds. The number of ether oxygens (including phenoxy) is 8. The Morgan fingerprint density at radius 2 is 0.965 bits per heavy atom. The average Bonchev–Trinajstić information content (AvgIpc) is 3.04. The van der Waals surface area contributed by atoms with E-state index in [4.69, 9.17) is 84.3 Å². The fourth-order valence-corrected chi connectivity index (χ4v) is 11.7. The number of phenolic OH excluding ortho intramolecular Hbond substituents is 2. The maximum absolute atomic E-state index is 13.0. The summed E-state index contributed by atoms with van der Waals surface area (Å²) in [5.41, 5.74) is 5.46. The highest BCUT2D eigenvalue weighted by atomic mass is 35.5. The lowest BCUT2D eigenvalue weighted by Crippen LogP contribution is -2.48. The number of halogens is 4. The highest BCUT2D eigenvalue weighted by Crippen LogP contribution is 2.41. The standard InChI is InChI=1S/C36H40Cl2N2O6.C30H32Cl2N2O6/c1-4-20-42-33-14-6-26(22-34(33)43-21-5-2)7-15-35(41)40-18-16-39(17-19-40)28-9-11-29(12-10-28)44-24-30-25-45-36(3,46-30)31-13-8-27(37)23-32(31)38;1-30(25-9-4-21(31)17-26(25)32)39-19-24(40-30)18-38-23-7-5-22(6-8-23)33-12-14-34(15-13-33)29(37)11-3-20-2-10-27(35)28(36)16-20/h4-6,8-14,22-23,30H,1-2,7,15-21,24-25H2,3H3;2,4-10,16-17,24,35-36H,3,11-15,18-19H2,1H3/t30?,36-;24?,30-/m00/s1. The molecule has 0 aromatic heterocycles. The molecule has 0 bridgehead atoms. The molecule has 4 atom stereocenters. The molecule has 4 saturated heterocycles. The molecule has 6 aromatic carbocycles. The first-order valence-corrected chi connectivity index (χ1v) is 30.2. The van der Waals surface area contributed by atoms with Gasteiger partial charge in [-0.05, 0) is 135 Å². The maximum atomic E-state index is 13.0. The van der Waals surface area contributed by atoms with Crippen LogP contribution in [0.25, 0.3) is 0 Å². The Morgan fingerprint density at radius 3 is 1.40 bits per heavy atom. The predicted octanol–water partition coefficient (Wildman–Crippen LogP) is 12.4. The van der Waals surface area contributed by atoms with Crippen molar-refractivity contribution in [3.63, 3.8) is 0 Å². The first-order valence-electron chi connectivity index (χ1n) is 28.6. The number of aryl methyl sites for hydroxylation is 2. The van der Waals surface area contributed by atoms with E-state index in [1.807, 2.05) is 103 Å². The minimum Gasteiger partial charge on any atom is -0.504 e. The lowest BCUT2D eigenvalue weighted by Gasteiger charge is -2.36. The highest BCUT2D eigenvalue weighted by molar-refractivity contribution is 6.35. The van der Waals surface area contributed by atoms with Gasteiger partial charge in [0.1, 0.15) is 50.1 Å². The van der Waals surface area contributed by atoms with Crippen molar-refractivity contribution in [3.05, 3.63) is 189 Å². The van der Waals surface area contributed by atoms with Crippen molar-refractivity contribution in [1.82, 2.24) is 9.80 Å². The van der Waals surface area contributed by atoms with Crippen molar-refractivity contribution in [2.45, 2.75) is 63.3 Å².